The van der Waals surface area contributed by atoms with E-state index in [0.717, 1.165) is 0 Å². The number of amides is 2. The van der Waals surface area contributed by atoms with Crippen LogP contribution in [0.4, 0.5) is 4.79 Å². The van der Waals surface area contributed by atoms with Crippen molar-refractivity contribution in [2.75, 3.05) is 26.3 Å². The van der Waals surface area contributed by atoms with Gasteiger partial charge in [-0.15, -0.1) is 0 Å². The lowest BCUT2D eigenvalue weighted by molar-refractivity contribution is -0.148. The first-order chi connectivity index (χ1) is 9.43. The van der Waals surface area contributed by atoms with E-state index < -0.39 is 11.5 Å². The van der Waals surface area contributed by atoms with E-state index in [1.807, 2.05) is 13.8 Å². The van der Waals surface area contributed by atoms with Gasteiger partial charge in [0.1, 0.15) is 5.54 Å². The molecule has 7 nitrogen and oxygen atoms in total. The number of carbonyl (C=O) groups is 2. The molecule has 2 N–H and O–H groups in total. The summed E-state index contributed by atoms with van der Waals surface area (Å²) in [6, 6.07) is -0.337. The molecule has 2 aliphatic heterocycles. The van der Waals surface area contributed by atoms with Crippen molar-refractivity contribution in [2.24, 2.45) is 0 Å². The summed E-state index contributed by atoms with van der Waals surface area (Å²) in [5.41, 5.74) is -1.21. The average molecular weight is 286 g/mol. The van der Waals surface area contributed by atoms with Gasteiger partial charge < -0.3 is 24.8 Å². The zero-order chi connectivity index (χ0) is 14.8. The van der Waals surface area contributed by atoms with Crippen molar-refractivity contribution < 1.29 is 24.2 Å². The molecule has 114 valence electrons. The fourth-order valence-corrected chi connectivity index (χ4v) is 2.74. The quantitative estimate of drug-likeness (QED) is 0.769. The first-order valence-electron chi connectivity index (χ1n) is 6.96. The third-order valence-electron chi connectivity index (χ3n) is 3.81. The van der Waals surface area contributed by atoms with Crippen molar-refractivity contribution in [3.63, 3.8) is 0 Å². The zero-order valence-corrected chi connectivity index (χ0v) is 11.9. The minimum absolute atomic E-state index is 0.0417. The number of hydrogen-bond donors (Lipinski definition) is 2. The van der Waals surface area contributed by atoms with Gasteiger partial charge in [0, 0.05) is 39.1 Å². The van der Waals surface area contributed by atoms with Gasteiger partial charge in [-0.1, -0.05) is 0 Å². The molecule has 0 spiro atoms. The molecule has 2 unspecified atom stereocenters. The summed E-state index contributed by atoms with van der Waals surface area (Å²) in [7, 11) is 0. The molecule has 2 atom stereocenters. The van der Waals surface area contributed by atoms with E-state index in [0.29, 0.717) is 39.1 Å². The lowest BCUT2D eigenvalue weighted by Crippen LogP contribution is -2.62. The van der Waals surface area contributed by atoms with Gasteiger partial charge in [0.25, 0.3) is 0 Å². The predicted octanol–water partition coefficient (Wildman–Crippen LogP) is 0.439. The Morgan fingerprint density at radius 2 is 1.75 bits per heavy atom. The van der Waals surface area contributed by atoms with E-state index in [-0.39, 0.29) is 18.2 Å². The van der Waals surface area contributed by atoms with Gasteiger partial charge in [-0.25, -0.2) is 9.59 Å². The molecule has 0 bridgehead atoms. The van der Waals surface area contributed by atoms with Gasteiger partial charge in [-0.05, 0) is 13.8 Å². The molecular weight excluding hydrogens is 264 g/mol. The number of carboxylic acid groups (broad SMARTS) is 1. The van der Waals surface area contributed by atoms with Crippen molar-refractivity contribution in [3.05, 3.63) is 0 Å². The van der Waals surface area contributed by atoms with Crippen molar-refractivity contribution in [3.8, 4) is 0 Å². The minimum atomic E-state index is -1.21. The summed E-state index contributed by atoms with van der Waals surface area (Å²) in [5, 5.41) is 12.1. The van der Waals surface area contributed by atoms with Gasteiger partial charge in [0.2, 0.25) is 0 Å². The molecule has 0 aliphatic carbocycles. The summed E-state index contributed by atoms with van der Waals surface area (Å²) in [6.07, 6.45) is 0.507. The highest BCUT2D eigenvalue weighted by Crippen LogP contribution is 2.22. The summed E-state index contributed by atoms with van der Waals surface area (Å²) in [5.74, 6) is -0.997. The van der Waals surface area contributed by atoms with Crippen LogP contribution in [0, 0.1) is 0 Å². The smallest absolute Gasteiger partial charge is 0.329 e. The number of morpholine rings is 1. The summed E-state index contributed by atoms with van der Waals surface area (Å²) < 4.78 is 10.8. The molecular formula is C13H22N2O5. The van der Waals surface area contributed by atoms with Crippen molar-refractivity contribution >= 4 is 12.0 Å². The molecule has 2 heterocycles. The molecule has 2 saturated heterocycles. The van der Waals surface area contributed by atoms with Crippen molar-refractivity contribution in [1.29, 1.82) is 0 Å². The normalized spacial score (nSPS) is 29.8. The van der Waals surface area contributed by atoms with Gasteiger partial charge in [0.05, 0.1) is 12.2 Å². The summed E-state index contributed by atoms with van der Waals surface area (Å²) in [4.78, 5) is 25.5. The van der Waals surface area contributed by atoms with E-state index >= 15 is 0 Å². The second kappa shape index (κ2) is 5.97. The van der Waals surface area contributed by atoms with Crippen LogP contribution in [0.3, 0.4) is 0 Å². The Hall–Kier alpha value is -1.34. The molecule has 0 radical (unpaired) electrons. The Morgan fingerprint density at radius 3 is 2.25 bits per heavy atom. The summed E-state index contributed by atoms with van der Waals surface area (Å²) >= 11 is 0. The average Bonchev–Trinajstić information content (AvgIpc) is 2.38. The Labute approximate surface area is 118 Å². The lowest BCUT2D eigenvalue weighted by atomic mass is 9.90. The van der Waals surface area contributed by atoms with Crippen LogP contribution in [0.15, 0.2) is 0 Å². The third-order valence-corrected chi connectivity index (χ3v) is 3.81. The van der Waals surface area contributed by atoms with Crippen LogP contribution in [0.2, 0.25) is 0 Å². The molecule has 0 aromatic heterocycles. The highest BCUT2D eigenvalue weighted by molar-refractivity contribution is 5.86. The largest absolute Gasteiger partial charge is 0.480 e. The van der Waals surface area contributed by atoms with Crippen LogP contribution in [0.1, 0.15) is 26.7 Å². The second-order valence-corrected chi connectivity index (χ2v) is 5.59. The van der Waals surface area contributed by atoms with Gasteiger partial charge in [-0.3, -0.25) is 0 Å². The number of ether oxygens (including phenoxy) is 2. The van der Waals surface area contributed by atoms with Crippen LogP contribution < -0.4 is 5.32 Å². The fraction of sp³-hybridized carbons (Fsp3) is 0.846. The summed E-state index contributed by atoms with van der Waals surface area (Å²) in [6.45, 7) is 5.45. The maximum absolute atomic E-state index is 12.3. The molecule has 2 aliphatic rings. The number of carbonyl (C=O) groups excluding carboxylic acids is 1. The SMILES string of the molecule is CC1CN(C(=O)NC2(C(=O)O)CCOCC2)CC(C)O1. The van der Waals surface area contributed by atoms with Crippen molar-refractivity contribution in [2.45, 2.75) is 44.4 Å². The van der Waals surface area contributed by atoms with Crippen LogP contribution in [0.25, 0.3) is 0 Å². The highest BCUT2D eigenvalue weighted by Gasteiger charge is 2.43. The third kappa shape index (κ3) is 3.21. The number of aliphatic carboxylic acids is 1. The Balaban J connectivity index is 2.03. The van der Waals surface area contributed by atoms with Crippen LogP contribution in [-0.4, -0.2) is 66.1 Å². The maximum Gasteiger partial charge on any atom is 0.329 e. The molecule has 2 fully saturated rings. The van der Waals surface area contributed by atoms with Crippen LogP contribution in [0.5, 0.6) is 0 Å². The lowest BCUT2D eigenvalue weighted by Gasteiger charge is -2.39. The number of rotatable bonds is 2. The van der Waals surface area contributed by atoms with Gasteiger partial charge >= 0.3 is 12.0 Å². The van der Waals surface area contributed by atoms with Crippen LogP contribution in [-0.2, 0) is 14.3 Å². The van der Waals surface area contributed by atoms with Crippen molar-refractivity contribution in [1.82, 2.24) is 10.2 Å². The molecule has 20 heavy (non-hydrogen) atoms. The number of urea groups is 1. The standard InChI is InChI=1S/C13H22N2O5/c1-9-7-15(8-10(2)20-9)12(18)14-13(11(16)17)3-5-19-6-4-13/h9-10H,3-8H2,1-2H3,(H,14,18)(H,16,17). The molecule has 7 heteroatoms. The topological polar surface area (TPSA) is 88.1 Å². The number of nitrogens with one attached hydrogen (secondary N) is 1. The molecule has 0 saturated carbocycles. The van der Waals surface area contributed by atoms with Gasteiger partial charge in [0.15, 0.2) is 0 Å². The van der Waals surface area contributed by atoms with E-state index in [1.54, 1.807) is 4.90 Å². The zero-order valence-electron chi connectivity index (χ0n) is 11.9. The predicted molar refractivity (Wildman–Crippen MR) is 70.5 cm³/mol. The number of nitrogens with zero attached hydrogens (tertiary/aromatic N) is 1. The minimum Gasteiger partial charge on any atom is -0.480 e. The maximum atomic E-state index is 12.3. The number of carboxylic acids is 1. The van der Waals surface area contributed by atoms with E-state index in [1.165, 1.54) is 0 Å². The fourth-order valence-electron chi connectivity index (χ4n) is 2.74. The Morgan fingerprint density at radius 1 is 1.20 bits per heavy atom. The first kappa shape index (κ1) is 15.1. The molecule has 2 amide bonds. The van der Waals surface area contributed by atoms with E-state index in [4.69, 9.17) is 9.47 Å². The molecule has 2 rings (SSSR count). The second-order valence-electron chi connectivity index (χ2n) is 5.59. The Bertz CT molecular complexity index is 371. The Kier molecular flexibility index (Phi) is 4.49. The highest BCUT2D eigenvalue weighted by atomic mass is 16.5. The number of hydrogen-bond acceptors (Lipinski definition) is 4. The van der Waals surface area contributed by atoms with E-state index in [2.05, 4.69) is 5.32 Å². The molecule has 0 aromatic rings. The molecule has 0 aromatic carbocycles. The monoisotopic (exact) mass is 286 g/mol. The van der Waals surface area contributed by atoms with Crippen LogP contribution >= 0.6 is 0 Å². The van der Waals surface area contributed by atoms with E-state index in [9.17, 15) is 14.7 Å². The van der Waals surface area contributed by atoms with Gasteiger partial charge in [-0.2, -0.15) is 0 Å². The first-order valence-corrected chi connectivity index (χ1v) is 6.96.